The van der Waals surface area contributed by atoms with Gasteiger partial charge >= 0.3 is 6.01 Å². The summed E-state index contributed by atoms with van der Waals surface area (Å²) in [6.45, 7) is 6.35. The average Bonchev–Trinajstić information content (AvgIpc) is 3.05. The first kappa shape index (κ1) is 15.2. The molecule has 3 aromatic rings. The van der Waals surface area contributed by atoms with Gasteiger partial charge in [0.05, 0.1) is 17.3 Å². The number of rotatable bonds is 4. The lowest BCUT2D eigenvalue weighted by Gasteiger charge is -2.13. The zero-order valence-corrected chi connectivity index (χ0v) is 13.5. The molecule has 0 aliphatic heterocycles. The van der Waals surface area contributed by atoms with E-state index in [1.807, 2.05) is 12.1 Å². The van der Waals surface area contributed by atoms with Crippen LogP contribution in [0.4, 0.5) is 6.01 Å². The Morgan fingerprint density at radius 2 is 2.09 bits per heavy atom. The minimum atomic E-state index is -0.263. The lowest BCUT2D eigenvalue weighted by molar-refractivity contribution is 0.102. The normalized spacial score (nSPS) is 11.1. The molecule has 2 heterocycles. The predicted octanol–water partition coefficient (Wildman–Crippen LogP) is 4.16. The van der Waals surface area contributed by atoms with Crippen LogP contribution < -0.4 is 5.32 Å². The summed E-state index contributed by atoms with van der Waals surface area (Å²) in [5.74, 6) is 0.0939. The number of pyridine rings is 1. The largest absolute Gasteiger partial charge is 0.432 e. The number of anilines is 1. The van der Waals surface area contributed by atoms with Crippen molar-refractivity contribution in [1.82, 2.24) is 9.97 Å². The Labute approximate surface area is 134 Å². The van der Waals surface area contributed by atoms with Crippen LogP contribution in [0.25, 0.3) is 10.9 Å². The first-order chi connectivity index (χ1) is 11.1. The molecule has 0 aliphatic rings. The predicted molar refractivity (Wildman–Crippen MR) is 89.7 cm³/mol. The first-order valence-electron chi connectivity index (χ1n) is 7.72. The number of carbonyl (C=O) groups is 1. The van der Waals surface area contributed by atoms with Crippen LogP contribution in [0.5, 0.6) is 0 Å². The molecule has 0 aliphatic carbocycles. The number of oxazole rings is 1. The van der Waals surface area contributed by atoms with E-state index in [2.05, 4.69) is 42.1 Å². The summed E-state index contributed by atoms with van der Waals surface area (Å²) in [5.41, 5.74) is 3.54. The highest BCUT2D eigenvalue weighted by molar-refractivity contribution is 6.11. The fourth-order valence-corrected chi connectivity index (χ4v) is 2.67. The van der Waals surface area contributed by atoms with E-state index in [9.17, 15) is 4.79 Å². The number of aromatic nitrogens is 2. The minimum Gasteiger partial charge on any atom is -0.432 e. The second-order valence-electron chi connectivity index (χ2n) is 5.74. The van der Waals surface area contributed by atoms with Gasteiger partial charge in [-0.2, -0.15) is 0 Å². The molecule has 1 amide bonds. The second-order valence-corrected chi connectivity index (χ2v) is 5.74. The van der Waals surface area contributed by atoms with Gasteiger partial charge in [-0.25, -0.2) is 4.98 Å². The number of carbonyl (C=O) groups excluding carboxylic acids is 1. The van der Waals surface area contributed by atoms with Gasteiger partial charge in [0, 0.05) is 11.6 Å². The number of fused-ring (bicyclic) bond motifs is 1. The fourth-order valence-electron chi connectivity index (χ4n) is 2.67. The van der Waals surface area contributed by atoms with Crippen LogP contribution in [0.3, 0.4) is 0 Å². The lowest BCUT2D eigenvalue weighted by atomic mass is 9.94. The van der Waals surface area contributed by atoms with Crippen molar-refractivity contribution in [3.8, 4) is 0 Å². The van der Waals surface area contributed by atoms with Crippen molar-refractivity contribution in [3.05, 3.63) is 53.5 Å². The van der Waals surface area contributed by atoms with Gasteiger partial charge in [-0.3, -0.25) is 15.1 Å². The maximum atomic E-state index is 12.6. The summed E-state index contributed by atoms with van der Waals surface area (Å²) >= 11 is 0. The highest BCUT2D eigenvalue weighted by atomic mass is 16.4. The molecular formula is C18H19N3O2. The second kappa shape index (κ2) is 6.20. The molecule has 3 rings (SSSR count). The lowest BCUT2D eigenvalue weighted by Crippen LogP contribution is -2.14. The Bertz CT molecular complexity index is 839. The summed E-state index contributed by atoms with van der Waals surface area (Å²) < 4.78 is 5.09. The van der Waals surface area contributed by atoms with Crippen LogP contribution >= 0.6 is 0 Å². The summed E-state index contributed by atoms with van der Waals surface area (Å²) in [6, 6.07) is 6.21. The summed E-state index contributed by atoms with van der Waals surface area (Å²) in [4.78, 5) is 21.0. The van der Waals surface area contributed by atoms with Crippen LogP contribution in [-0.2, 0) is 6.42 Å². The molecule has 1 N–H and O–H groups in total. The maximum absolute atomic E-state index is 12.6. The zero-order chi connectivity index (χ0) is 16.4. The number of aryl methyl sites for hydroxylation is 1. The van der Waals surface area contributed by atoms with Gasteiger partial charge < -0.3 is 4.42 Å². The molecule has 0 saturated heterocycles. The van der Waals surface area contributed by atoms with Crippen LogP contribution in [0.1, 0.15) is 48.2 Å². The number of benzene rings is 1. The van der Waals surface area contributed by atoms with E-state index in [1.165, 1.54) is 18.0 Å². The highest BCUT2D eigenvalue weighted by Crippen LogP contribution is 2.28. The Morgan fingerprint density at radius 1 is 1.26 bits per heavy atom. The molecule has 0 fully saturated rings. The number of nitrogens with zero attached hydrogens (tertiary/aromatic N) is 2. The summed E-state index contributed by atoms with van der Waals surface area (Å²) in [6.07, 6.45) is 5.52. The van der Waals surface area contributed by atoms with Crippen molar-refractivity contribution >= 4 is 22.8 Å². The molecule has 23 heavy (non-hydrogen) atoms. The zero-order valence-electron chi connectivity index (χ0n) is 13.5. The van der Waals surface area contributed by atoms with E-state index in [4.69, 9.17) is 4.42 Å². The van der Waals surface area contributed by atoms with Crippen LogP contribution in [-0.4, -0.2) is 15.9 Å². The van der Waals surface area contributed by atoms with Crippen molar-refractivity contribution in [2.45, 2.75) is 33.1 Å². The SMILES string of the molecule is CCc1cc(C(=O)Nc2ncco2)c2nccc(C(C)C)c2c1. The van der Waals surface area contributed by atoms with Crippen molar-refractivity contribution in [2.75, 3.05) is 5.32 Å². The molecule has 0 atom stereocenters. The smallest absolute Gasteiger partial charge is 0.301 e. The Balaban J connectivity index is 2.15. The molecular weight excluding hydrogens is 290 g/mol. The van der Waals surface area contributed by atoms with Crippen molar-refractivity contribution < 1.29 is 9.21 Å². The maximum Gasteiger partial charge on any atom is 0.301 e. The number of hydrogen-bond acceptors (Lipinski definition) is 4. The molecule has 0 unspecified atom stereocenters. The molecule has 0 radical (unpaired) electrons. The topological polar surface area (TPSA) is 68.0 Å². The first-order valence-corrected chi connectivity index (χ1v) is 7.72. The average molecular weight is 309 g/mol. The van der Waals surface area contributed by atoms with Crippen LogP contribution in [0, 0.1) is 0 Å². The van der Waals surface area contributed by atoms with E-state index >= 15 is 0 Å². The van der Waals surface area contributed by atoms with E-state index in [1.54, 1.807) is 6.20 Å². The number of hydrogen-bond donors (Lipinski definition) is 1. The molecule has 0 bridgehead atoms. The quantitative estimate of drug-likeness (QED) is 0.785. The molecule has 0 saturated carbocycles. The fraction of sp³-hybridized carbons (Fsp3) is 0.278. The molecule has 5 nitrogen and oxygen atoms in total. The van der Waals surface area contributed by atoms with Crippen LogP contribution in [0.2, 0.25) is 0 Å². The van der Waals surface area contributed by atoms with Gasteiger partial charge in [0.1, 0.15) is 6.26 Å². The Morgan fingerprint density at radius 3 is 2.74 bits per heavy atom. The summed E-state index contributed by atoms with van der Waals surface area (Å²) in [5, 5.41) is 3.70. The summed E-state index contributed by atoms with van der Waals surface area (Å²) in [7, 11) is 0. The Kier molecular flexibility index (Phi) is 4.10. The van der Waals surface area contributed by atoms with Crippen molar-refractivity contribution in [1.29, 1.82) is 0 Å². The van der Waals surface area contributed by atoms with E-state index < -0.39 is 0 Å². The van der Waals surface area contributed by atoms with Gasteiger partial charge in [0.25, 0.3) is 5.91 Å². The van der Waals surface area contributed by atoms with Gasteiger partial charge in [0.2, 0.25) is 0 Å². The van der Waals surface area contributed by atoms with Crippen molar-refractivity contribution in [2.24, 2.45) is 0 Å². The Hall–Kier alpha value is -2.69. The minimum absolute atomic E-state index is 0.185. The van der Waals surface area contributed by atoms with Crippen molar-refractivity contribution in [3.63, 3.8) is 0 Å². The third-order valence-corrected chi connectivity index (χ3v) is 3.87. The third kappa shape index (κ3) is 2.95. The van der Waals surface area contributed by atoms with Gasteiger partial charge in [-0.05, 0) is 41.7 Å². The van der Waals surface area contributed by atoms with E-state index in [0.717, 1.165) is 17.4 Å². The van der Waals surface area contributed by atoms with Gasteiger partial charge in [-0.15, -0.1) is 0 Å². The van der Waals surface area contributed by atoms with Gasteiger partial charge in [0.15, 0.2) is 0 Å². The van der Waals surface area contributed by atoms with Crippen LogP contribution in [0.15, 0.2) is 41.3 Å². The molecule has 5 heteroatoms. The monoisotopic (exact) mass is 309 g/mol. The number of nitrogens with one attached hydrogen (secondary N) is 1. The third-order valence-electron chi connectivity index (χ3n) is 3.87. The standard InChI is InChI=1S/C18H19N3O2/c1-4-12-9-14-13(11(2)3)5-6-19-16(14)15(10-12)17(22)21-18-20-7-8-23-18/h5-11H,4H2,1-3H3,(H,20,21,22). The molecule has 2 aromatic heterocycles. The molecule has 0 spiro atoms. The van der Waals surface area contributed by atoms with Gasteiger partial charge in [-0.1, -0.05) is 20.8 Å². The molecule has 118 valence electrons. The van der Waals surface area contributed by atoms with E-state index in [0.29, 0.717) is 17.0 Å². The number of amides is 1. The molecule has 1 aromatic carbocycles. The highest BCUT2D eigenvalue weighted by Gasteiger charge is 2.17. The van der Waals surface area contributed by atoms with E-state index in [-0.39, 0.29) is 11.9 Å².